The van der Waals surface area contributed by atoms with E-state index in [4.69, 9.17) is 0 Å². The van der Waals surface area contributed by atoms with Crippen molar-refractivity contribution >= 4 is 30.4 Å². The third kappa shape index (κ3) is 8.48. The molecule has 7 heteroatoms. The molecule has 0 spiro atoms. The Morgan fingerprint density at radius 3 is 2.26 bits per heavy atom. The molecule has 0 radical (unpaired) electrons. The lowest BCUT2D eigenvalue weighted by Crippen LogP contribution is -2.40. The minimum Gasteiger partial charge on any atom is -0.478 e. The number of rotatable bonds is 14. The second-order valence-electron chi connectivity index (χ2n) is 9.33. The summed E-state index contributed by atoms with van der Waals surface area (Å²) in [4.78, 5) is 39.1. The molecule has 0 fully saturated rings. The smallest absolute Gasteiger partial charge is 0.336 e. The molecule has 0 aromatic heterocycles. The van der Waals surface area contributed by atoms with E-state index in [9.17, 15) is 19.5 Å². The molecule has 0 saturated carbocycles. The summed E-state index contributed by atoms with van der Waals surface area (Å²) in [6.07, 6.45) is 2.82. The number of carbonyl (C=O) groups is 3. The van der Waals surface area contributed by atoms with E-state index in [0.29, 0.717) is 43.8 Å². The average molecular weight is 533 g/mol. The molecule has 0 saturated heterocycles. The van der Waals surface area contributed by atoms with Crippen molar-refractivity contribution in [3.8, 4) is 11.1 Å². The number of thiol groups is 1. The third-order valence-electron chi connectivity index (χ3n) is 6.49. The SMILES string of the molecule is CCCCC(=O)N(CCNC(=O)C(CS)Cc1ccccc1)Cc1ccc(-c2ccccc2C(=O)O)cc1. The molecule has 0 heterocycles. The van der Waals surface area contributed by atoms with Crippen LogP contribution in [0.4, 0.5) is 0 Å². The van der Waals surface area contributed by atoms with Gasteiger partial charge in [0.05, 0.1) is 11.5 Å². The highest BCUT2D eigenvalue weighted by Gasteiger charge is 2.19. The van der Waals surface area contributed by atoms with Gasteiger partial charge in [-0.05, 0) is 41.2 Å². The fraction of sp³-hybridized carbons (Fsp3) is 0.323. The van der Waals surface area contributed by atoms with Crippen LogP contribution in [-0.4, -0.2) is 46.6 Å². The molecule has 0 aliphatic heterocycles. The number of carbonyl (C=O) groups excluding carboxylic acids is 2. The largest absolute Gasteiger partial charge is 0.478 e. The quantitative estimate of drug-likeness (QED) is 0.240. The Morgan fingerprint density at radius 2 is 1.61 bits per heavy atom. The lowest BCUT2D eigenvalue weighted by molar-refractivity contribution is -0.132. The first-order chi connectivity index (χ1) is 18.4. The number of benzene rings is 3. The molecule has 200 valence electrons. The highest BCUT2D eigenvalue weighted by Crippen LogP contribution is 2.24. The number of nitrogens with one attached hydrogen (secondary N) is 1. The van der Waals surface area contributed by atoms with E-state index in [0.717, 1.165) is 29.5 Å². The summed E-state index contributed by atoms with van der Waals surface area (Å²) in [5, 5.41) is 12.5. The second-order valence-corrected chi connectivity index (χ2v) is 9.69. The zero-order chi connectivity index (χ0) is 27.3. The number of amides is 2. The Balaban J connectivity index is 1.64. The Bertz CT molecular complexity index is 1200. The predicted octanol–water partition coefficient (Wildman–Crippen LogP) is 5.48. The van der Waals surface area contributed by atoms with Crippen LogP contribution in [0.2, 0.25) is 0 Å². The van der Waals surface area contributed by atoms with E-state index in [1.165, 1.54) is 0 Å². The number of hydrogen-bond acceptors (Lipinski definition) is 4. The maximum Gasteiger partial charge on any atom is 0.336 e. The summed E-state index contributed by atoms with van der Waals surface area (Å²) >= 11 is 4.38. The van der Waals surface area contributed by atoms with Crippen LogP contribution in [-0.2, 0) is 22.6 Å². The van der Waals surface area contributed by atoms with Crippen molar-refractivity contribution in [2.75, 3.05) is 18.8 Å². The van der Waals surface area contributed by atoms with E-state index in [1.54, 1.807) is 23.1 Å². The lowest BCUT2D eigenvalue weighted by atomic mass is 9.98. The Labute approximate surface area is 230 Å². The zero-order valence-corrected chi connectivity index (χ0v) is 22.7. The van der Waals surface area contributed by atoms with Crippen molar-refractivity contribution in [2.24, 2.45) is 5.92 Å². The Morgan fingerprint density at radius 1 is 0.921 bits per heavy atom. The normalized spacial score (nSPS) is 11.5. The molecule has 2 amide bonds. The molecule has 0 bridgehead atoms. The number of aromatic carboxylic acids is 1. The van der Waals surface area contributed by atoms with Crippen LogP contribution >= 0.6 is 12.6 Å². The molecular weight excluding hydrogens is 496 g/mol. The lowest BCUT2D eigenvalue weighted by Gasteiger charge is -2.24. The molecule has 3 aromatic carbocycles. The van der Waals surface area contributed by atoms with Gasteiger partial charge in [-0.2, -0.15) is 12.6 Å². The number of unbranched alkanes of at least 4 members (excludes halogenated alkanes) is 1. The van der Waals surface area contributed by atoms with Crippen molar-refractivity contribution in [3.63, 3.8) is 0 Å². The van der Waals surface area contributed by atoms with Gasteiger partial charge in [0.1, 0.15) is 0 Å². The van der Waals surface area contributed by atoms with Crippen LogP contribution in [0.3, 0.4) is 0 Å². The van der Waals surface area contributed by atoms with Crippen LogP contribution in [0.1, 0.15) is 47.7 Å². The maximum atomic E-state index is 13.0. The second kappa shape index (κ2) is 15.0. The molecule has 3 rings (SSSR count). The minimum atomic E-state index is -0.969. The summed E-state index contributed by atoms with van der Waals surface area (Å²) in [6.45, 7) is 3.23. The van der Waals surface area contributed by atoms with E-state index in [-0.39, 0.29) is 23.3 Å². The van der Waals surface area contributed by atoms with Gasteiger partial charge in [0.15, 0.2) is 0 Å². The molecule has 38 heavy (non-hydrogen) atoms. The molecule has 0 aliphatic carbocycles. The molecule has 2 N–H and O–H groups in total. The molecule has 6 nitrogen and oxygen atoms in total. The number of hydrogen-bond donors (Lipinski definition) is 3. The Hall–Kier alpha value is -3.58. The molecule has 1 unspecified atom stereocenters. The van der Waals surface area contributed by atoms with E-state index in [1.807, 2.05) is 60.7 Å². The van der Waals surface area contributed by atoms with Gasteiger partial charge in [-0.25, -0.2) is 4.79 Å². The Kier molecular flexibility index (Phi) is 11.4. The van der Waals surface area contributed by atoms with Gasteiger partial charge in [-0.3, -0.25) is 9.59 Å². The molecular formula is C31H36N2O4S. The first-order valence-electron chi connectivity index (χ1n) is 13.0. The van der Waals surface area contributed by atoms with Gasteiger partial charge in [-0.1, -0.05) is 86.1 Å². The van der Waals surface area contributed by atoms with Gasteiger partial charge in [0.2, 0.25) is 11.8 Å². The van der Waals surface area contributed by atoms with E-state index >= 15 is 0 Å². The minimum absolute atomic E-state index is 0.0522. The van der Waals surface area contributed by atoms with Crippen molar-refractivity contribution in [2.45, 2.75) is 39.2 Å². The fourth-order valence-electron chi connectivity index (χ4n) is 4.31. The summed E-state index contributed by atoms with van der Waals surface area (Å²) in [6, 6.07) is 24.4. The van der Waals surface area contributed by atoms with Gasteiger partial charge in [-0.15, -0.1) is 0 Å². The topological polar surface area (TPSA) is 86.7 Å². The van der Waals surface area contributed by atoms with Crippen LogP contribution in [0.5, 0.6) is 0 Å². The molecule has 1 atom stereocenters. The summed E-state index contributed by atoms with van der Waals surface area (Å²) in [5.41, 5.74) is 3.74. The third-order valence-corrected chi connectivity index (χ3v) is 6.93. The molecule has 3 aromatic rings. The zero-order valence-electron chi connectivity index (χ0n) is 21.8. The van der Waals surface area contributed by atoms with Crippen LogP contribution in [0.25, 0.3) is 11.1 Å². The number of carboxylic acids is 1. The van der Waals surface area contributed by atoms with Crippen LogP contribution in [0, 0.1) is 5.92 Å². The highest BCUT2D eigenvalue weighted by molar-refractivity contribution is 7.80. The van der Waals surface area contributed by atoms with Crippen LogP contribution in [0.15, 0.2) is 78.9 Å². The first-order valence-corrected chi connectivity index (χ1v) is 13.7. The van der Waals surface area contributed by atoms with Crippen molar-refractivity contribution in [3.05, 3.63) is 95.6 Å². The van der Waals surface area contributed by atoms with Gasteiger partial charge >= 0.3 is 5.97 Å². The van der Waals surface area contributed by atoms with Crippen molar-refractivity contribution < 1.29 is 19.5 Å². The average Bonchev–Trinajstić information content (AvgIpc) is 2.94. The van der Waals surface area contributed by atoms with Crippen LogP contribution < -0.4 is 5.32 Å². The highest BCUT2D eigenvalue weighted by atomic mass is 32.1. The van der Waals surface area contributed by atoms with Gasteiger partial charge in [0.25, 0.3) is 0 Å². The van der Waals surface area contributed by atoms with Gasteiger partial charge < -0.3 is 15.3 Å². The van der Waals surface area contributed by atoms with E-state index in [2.05, 4.69) is 24.9 Å². The maximum absolute atomic E-state index is 13.0. The standard InChI is InChI=1S/C31H36N2O4S/c1-2-3-13-29(34)33(19-18-32-30(35)26(22-38)20-23-9-5-4-6-10-23)21-24-14-16-25(17-15-24)27-11-7-8-12-28(27)31(36)37/h4-12,14-17,26,38H,2-3,13,18-22H2,1H3,(H,32,35)(H,36,37). The van der Waals surface area contributed by atoms with E-state index < -0.39 is 5.97 Å². The molecule has 0 aliphatic rings. The van der Waals surface area contributed by atoms with Crippen molar-refractivity contribution in [1.82, 2.24) is 10.2 Å². The summed E-state index contributed by atoms with van der Waals surface area (Å²) in [7, 11) is 0. The number of nitrogens with zero attached hydrogens (tertiary/aromatic N) is 1. The first kappa shape index (κ1) is 29.0. The fourth-order valence-corrected chi connectivity index (χ4v) is 4.60. The summed E-state index contributed by atoms with van der Waals surface area (Å²) in [5.74, 6) is -0.783. The van der Waals surface area contributed by atoms with Crippen molar-refractivity contribution in [1.29, 1.82) is 0 Å². The van der Waals surface area contributed by atoms with Gasteiger partial charge in [0, 0.05) is 31.8 Å². The predicted molar refractivity (Wildman–Crippen MR) is 154 cm³/mol. The summed E-state index contributed by atoms with van der Waals surface area (Å²) < 4.78 is 0. The monoisotopic (exact) mass is 532 g/mol. The number of carboxylic acid groups (broad SMARTS) is 1.